The molecule has 0 aromatic carbocycles. The van der Waals surface area contributed by atoms with Crippen molar-refractivity contribution >= 4 is 35.2 Å². The fourth-order valence-corrected chi connectivity index (χ4v) is 2.64. The zero-order valence-corrected chi connectivity index (χ0v) is 11.5. The van der Waals surface area contributed by atoms with Crippen molar-refractivity contribution in [2.45, 2.75) is 6.42 Å². The average Bonchev–Trinajstić information content (AvgIpc) is 2.77. The van der Waals surface area contributed by atoms with Crippen LogP contribution in [0, 0.1) is 0 Å². The Morgan fingerprint density at radius 2 is 2.25 bits per heavy atom. The van der Waals surface area contributed by atoms with E-state index in [1.54, 1.807) is 11.4 Å². The number of carboxylic acids is 1. The lowest BCUT2D eigenvalue weighted by atomic mass is 10.2. The Hall–Kier alpha value is -2.15. The molecule has 0 saturated carbocycles. The Kier molecular flexibility index (Phi) is 4.52. The normalized spacial score (nSPS) is 16.0. The molecule has 7 heteroatoms. The van der Waals surface area contributed by atoms with Crippen LogP contribution >= 0.6 is 11.3 Å². The molecule has 2 N–H and O–H groups in total. The SMILES string of the molecule is O=C(O)C=Cc1cc(C(=O)N2CCCNC(=O)C2)cs1. The lowest BCUT2D eigenvalue weighted by Crippen LogP contribution is -2.37. The van der Waals surface area contributed by atoms with Crippen LogP contribution in [0.1, 0.15) is 21.7 Å². The van der Waals surface area contributed by atoms with Gasteiger partial charge in [0, 0.05) is 29.4 Å². The van der Waals surface area contributed by atoms with E-state index < -0.39 is 5.97 Å². The lowest BCUT2D eigenvalue weighted by Gasteiger charge is -2.17. The topological polar surface area (TPSA) is 86.7 Å². The van der Waals surface area contributed by atoms with E-state index >= 15 is 0 Å². The molecule has 106 valence electrons. The first kappa shape index (κ1) is 14.3. The number of hydrogen-bond acceptors (Lipinski definition) is 4. The zero-order chi connectivity index (χ0) is 14.5. The molecular weight excluding hydrogens is 280 g/mol. The molecule has 0 unspecified atom stereocenters. The van der Waals surface area contributed by atoms with Gasteiger partial charge in [0.15, 0.2) is 0 Å². The minimum absolute atomic E-state index is 0.0645. The second-order valence-corrected chi connectivity index (χ2v) is 5.28. The molecule has 6 nitrogen and oxygen atoms in total. The van der Waals surface area contributed by atoms with Crippen molar-refractivity contribution in [3.05, 3.63) is 28.0 Å². The third kappa shape index (κ3) is 3.67. The van der Waals surface area contributed by atoms with Gasteiger partial charge in [-0.3, -0.25) is 9.59 Å². The maximum absolute atomic E-state index is 12.3. The van der Waals surface area contributed by atoms with Crippen molar-refractivity contribution in [3.8, 4) is 0 Å². The monoisotopic (exact) mass is 294 g/mol. The number of amides is 2. The van der Waals surface area contributed by atoms with Crippen molar-refractivity contribution in [2.24, 2.45) is 0 Å². The van der Waals surface area contributed by atoms with Crippen LogP contribution in [0.5, 0.6) is 0 Å². The van der Waals surface area contributed by atoms with Gasteiger partial charge < -0.3 is 15.3 Å². The van der Waals surface area contributed by atoms with Crippen LogP contribution in [0.25, 0.3) is 6.08 Å². The van der Waals surface area contributed by atoms with Crippen LogP contribution in [0.3, 0.4) is 0 Å². The highest BCUT2D eigenvalue weighted by Gasteiger charge is 2.21. The maximum Gasteiger partial charge on any atom is 0.328 e. The van der Waals surface area contributed by atoms with Crippen LogP contribution in [0.15, 0.2) is 17.5 Å². The van der Waals surface area contributed by atoms with Gasteiger partial charge in [-0.1, -0.05) is 0 Å². The number of nitrogens with zero attached hydrogens (tertiary/aromatic N) is 1. The Morgan fingerprint density at radius 1 is 1.45 bits per heavy atom. The Morgan fingerprint density at radius 3 is 3.00 bits per heavy atom. The molecule has 2 rings (SSSR count). The van der Waals surface area contributed by atoms with E-state index in [-0.39, 0.29) is 18.4 Å². The Labute approximate surface area is 119 Å². The summed E-state index contributed by atoms with van der Waals surface area (Å²) in [6.07, 6.45) is 3.20. The summed E-state index contributed by atoms with van der Waals surface area (Å²) in [5, 5.41) is 12.9. The van der Waals surface area contributed by atoms with Crippen LogP contribution in [-0.4, -0.2) is 47.4 Å². The summed E-state index contributed by atoms with van der Waals surface area (Å²) in [4.78, 5) is 36.3. The van der Waals surface area contributed by atoms with Crippen LogP contribution in [0.2, 0.25) is 0 Å². The third-order valence-electron chi connectivity index (χ3n) is 2.81. The van der Waals surface area contributed by atoms with Gasteiger partial charge in [-0.15, -0.1) is 11.3 Å². The molecule has 0 bridgehead atoms. The van der Waals surface area contributed by atoms with Gasteiger partial charge in [-0.2, -0.15) is 0 Å². The Bertz CT molecular complexity index is 564. The van der Waals surface area contributed by atoms with Gasteiger partial charge in [0.2, 0.25) is 5.91 Å². The molecule has 0 radical (unpaired) electrons. The zero-order valence-electron chi connectivity index (χ0n) is 10.7. The van der Waals surface area contributed by atoms with E-state index in [1.165, 1.54) is 22.3 Å². The fourth-order valence-electron chi connectivity index (χ4n) is 1.87. The highest BCUT2D eigenvalue weighted by atomic mass is 32.1. The lowest BCUT2D eigenvalue weighted by molar-refractivity contribution is -0.131. The molecule has 2 heterocycles. The predicted molar refractivity (Wildman–Crippen MR) is 74.5 cm³/mol. The molecule has 1 aliphatic heterocycles. The van der Waals surface area contributed by atoms with Crippen molar-refractivity contribution < 1.29 is 19.5 Å². The molecule has 1 fully saturated rings. The van der Waals surface area contributed by atoms with E-state index in [1.807, 2.05) is 0 Å². The first-order valence-electron chi connectivity index (χ1n) is 6.12. The molecule has 1 aliphatic rings. The minimum atomic E-state index is -1.03. The molecule has 1 aromatic rings. The first-order valence-corrected chi connectivity index (χ1v) is 7.00. The van der Waals surface area contributed by atoms with Crippen LogP contribution in [-0.2, 0) is 9.59 Å². The van der Waals surface area contributed by atoms with Crippen molar-refractivity contribution in [3.63, 3.8) is 0 Å². The molecule has 0 atom stereocenters. The van der Waals surface area contributed by atoms with E-state index in [0.29, 0.717) is 23.5 Å². The minimum Gasteiger partial charge on any atom is -0.478 e. The van der Waals surface area contributed by atoms with E-state index in [2.05, 4.69) is 5.32 Å². The average molecular weight is 294 g/mol. The van der Waals surface area contributed by atoms with Gasteiger partial charge in [0.05, 0.1) is 12.1 Å². The molecule has 1 aromatic heterocycles. The number of hydrogen-bond donors (Lipinski definition) is 2. The fraction of sp³-hybridized carbons (Fsp3) is 0.308. The molecule has 0 spiro atoms. The summed E-state index contributed by atoms with van der Waals surface area (Å²) in [5.41, 5.74) is 0.481. The summed E-state index contributed by atoms with van der Waals surface area (Å²) >= 11 is 1.29. The van der Waals surface area contributed by atoms with Gasteiger partial charge in [-0.05, 0) is 18.6 Å². The molecule has 2 amide bonds. The molecule has 1 saturated heterocycles. The standard InChI is InChI=1S/C13H14N2O4S/c16-11-7-15(5-1-4-14-11)13(19)9-6-10(20-8-9)2-3-12(17)18/h2-3,6,8H,1,4-5,7H2,(H,14,16)(H,17,18). The van der Waals surface area contributed by atoms with E-state index in [0.717, 1.165) is 12.5 Å². The van der Waals surface area contributed by atoms with E-state index in [9.17, 15) is 14.4 Å². The van der Waals surface area contributed by atoms with Crippen LogP contribution in [0.4, 0.5) is 0 Å². The summed E-state index contributed by atoms with van der Waals surface area (Å²) in [6.45, 7) is 1.18. The number of thiophene rings is 1. The number of nitrogens with one attached hydrogen (secondary N) is 1. The third-order valence-corrected chi connectivity index (χ3v) is 3.70. The first-order chi connectivity index (χ1) is 9.56. The molecular formula is C13H14N2O4S. The Balaban J connectivity index is 2.08. The maximum atomic E-state index is 12.3. The van der Waals surface area contributed by atoms with Crippen LogP contribution < -0.4 is 5.32 Å². The number of rotatable bonds is 3. The summed E-state index contributed by atoms with van der Waals surface area (Å²) in [7, 11) is 0. The van der Waals surface area contributed by atoms with Crippen molar-refractivity contribution in [2.75, 3.05) is 19.6 Å². The highest BCUT2D eigenvalue weighted by molar-refractivity contribution is 7.11. The van der Waals surface area contributed by atoms with Crippen molar-refractivity contribution in [1.29, 1.82) is 0 Å². The van der Waals surface area contributed by atoms with Gasteiger partial charge in [0.1, 0.15) is 0 Å². The van der Waals surface area contributed by atoms with Gasteiger partial charge >= 0.3 is 5.97 Å². The second-order valence-electron chi connectivity index (χ2n) is 4.34. The summed E-state index contributed by atoms with van der Waals surface area (Å²) < 4.78 is 0. The number of carbonyl (C=O) groups is 3. The summed E-state index contributed by atoms with van der Waals surface area (Å²) in [6, 6.07) is 1.63. The number of carbonyl (C=O) groups excluding carboxylic acids is 2. The largest absolute Gasteiger partial charge is 0.478 e. The highest BCUT2D eigenvalue weighted by Crippen LogP contribution is 2.18. The predicted octanol–water partition coefficient (Wildman–Crippen LogP) is 0.808. The molecule has 20 heavy (non-hydrogen) atoms. The smallest absolute Gasteiger partial charge is 0.328 e. The molecule has 0 aliphatic carbocycles. The number of carboxylic acid groups (broad SMARTS) is 1. The quantitative estimate of drug-likeness (QED) is 0.808. The second kappa shape index (κ2) is 6.33. The van der Waals surface area contributed by atoms with E-state index in [4.69, 9.17) is 5.11 Å². The van der Waals surface area contributed by atoms with Gasteiger partial charge in [0.25, 0.3) is 5.91 Å². The number of aliphatic carboxylic acids is 1. The van der Waals surface area contributed by atoms with Crippen molar-refractivity contribution in [1.82, 2.24) is 10.2 Å². The summed E-state index contributed by atoms with van der Waals surface area (Å²) in [5.74, 6) is -1.39. The van der Waals surface area contributed by atoms with Gasteiger partial charge in [-0.25, -0.2) is 4.79 Å².